The molecule has 0 spiro atoms. The van der Waals surface area contributed by atoms with Crippen molar-refractivity contribution in [3.63, 3.8) is 0 Å². The maximum Gasteiger partial charge on any atom is 0.314 e. The van der Waals surface area contributed by atoms with Gasteiger partial charge in [-0.25, -0.2) is 0 Å². The molecule has 4 heterocycles. The van der Waals surface area contributed by atoms with E-state index in [0.29, 0.717) is 0 Å². The number of hydrogen-bond acceptors (Lipinski definition) is 10. The third-order valence-electron chi connectivity index (χ3n) is 6.32. The van der Waals surface area contributed by atoms with E-state index in [1.54, 1.807) is 58.5 Å². The normalized spacial score (nSPS) is 11.3. The summed E-state index contributed by atoms with van der Waals surface area (Å²) in [6.07, 6.45) is 2.96. The van der Waals surface area contributed by atoms with Gasteiger partial charge in [0.15, 0.2) is 23.2 Å². The number of oxime groups is 1. The number of nitrogens with two attached hydrogens (primary N) is 2. The van der Waals surface area contributed by atoms with Gasteiger partial charge in [0, 0.05) is 40.7 Å². The van der Waals surface area contributed by atoms with Crippen LogP contribution >= 0.6 is 45.3 Å². The number of nitrogens with one attached hydrogen (secondary N) is 3. The molecule has 240 valence electrons. The monoisotopic (exact) mass is 696 g/mol. The van der Waals surface area contributed by atoms with Crippen molar-refractivity contribution in [1.29, 1.82) is 0 Å². The second-order valence-electron chi connectivity index (χ2n) is 9.84. The third kappa shape index (κ3) is 9.04. The standard InChI is InChI=1S/C31H33N7O4S4/c1-17-11-21(14-20(15-32)30(40)36-9-10-38-42-16-25(39)35-7-8-37-31(33)34)43-28(17)29-19(3)13-24(46-29)23-12-18(2)27(45-23)22-5-6-26(41-4)44-22/h5-6,10-14H,7-9,16H2,1-4H3,(H,35,39)(H,36,40)(H4,33,34,37)/p+1/b20-14+,38-10-. The van der Waals surface area contributed by atoms with Crippen LogP contribution in [0.15, 0.2) is 46.1 Å². The maximum absolute atomic E-state index is 12.7. The summed E-state index contributed by atoms with van der Waals surface area (Å²) in [5.74, 6) is -0.917. The van der Waals surface area contributed by atoms with E-state index in [-0.39, 0.29) is 43.7 Å². The van der Waals surface area contributed by atoms with E-state index in [4.69, 9.17) is 26.3 Å². The lowest BCUT2D eigenvalue weighted by Gasteiger charge is -2.02. The number of methoxy groups -OCH3 is 1. The van der Waals surface area contributed by atoms with Gasteiger partial charge in [-0.1, -0.05) is 21.8 Å². The highest BCUT2D eigenvalue weighted by molar-refractivity contribution is 7.29. The fourth-order valence-corrected chi connectivity index (χ4v) is 8.97. The third-order valence-corrected chi connectivity index (χ3v) is 11.6. The number of rotatable bonds is 14. The number of ether oxygens (including phenoxy) is 1. The van der Waals surface area contributed by atoms with Crippen molar-refractivity contribution in [1.82, 2.24) is 10.6 Å². The van der Waals surface area contributed by atoms with Gasteiger partial charge in [0.25, 0.3) is 11.8 Å². The van der Waals surface area contributed by atoms with Crippen LogP contribution in [-0.2, 0) is 14.4 Å². The van der Waals surface area contributed by atoms with Gasteiger partial charge >= 0.3 is 6.07 Å². The average molecular weight is 697 g/mol. The molecule has 0 atom stereocenters. The Kier molecular flexibility index (Phi) is 12.1. The predicted octanol–water partition coefficient (Wildman–Crippen LogP) is 3.53. The molecular formula is C31H34N7O4S4+. The van der Waals surface area contributed by atoms with Crippen LogP contribution in [-0.4, -0.2) is 57.3 Å². The zero-order valence-corrected chi connectivity index (χ0v) is 29.0. The van der Waals surface area contributed by atoms with Crippen molar-refractivity contribution < 1.29 is 24.4 Å². The molecule has 0 unspecified atom stereocenters. The molecule has 0 aromatic carbocycles. The summed E-state index contributed by atoms with van der Waals surface area (Å²) in [7, 11) is 1.69. The highest BCUT2D eigenvalue weighted by Gasteiger charge is 2.19. The minimum atomic E-state index is -0.478. The maximum atomic E-state index is 12.7. The number of amides is 2. The van der Waals surface area contributed by atoms with Crippen LogP contribution in [0.1, 0.15) is 21.6 Å². The van der Waals surface area contributed by atoms with Crippen LogP contribution in [0.4, 0.5) is 0 Å². The zero-order valence-electron chi connectivity index (χ0n) is 25.7. The van der Waals surface area contributed by atoms with Crippen molar-refractivity contribution in [2.24, 2.45) is 21.6 Å². The summed E-state index contributed by atoms with van der Waals surface area (Å²) in [6.45, 7) is 6.57. The first kappa shape index (κ1) is 34.4. The number of nitrogens with zero attached hydrogens (tertiary/aromatic N) is 2. The van der Waals surface area contributed by atoms with Gasteiger partial charge in [0.2, 0.25) is 0 Å². The van der Waals surface area contributed by atoms with Crippen molar-refractivity contribution in [3.05, 3.63) is 57.5 Å². The summed E-state index contributed by atoms with van der Waals surface area (Å²) in [5, 5.41) is 17.4. The molecule has 0 aliphatic heterocycles. The smallest absolute Gasteiger partial charge is 0.314 e. The minimum Gasteiger partial charge on any atom is -0.487 e. The number of hydrogen-bond donors (Lipinski definition) is 5. The second kappa shape index (κ2) is 16.2. The van der Waals surface area contributed by atoms with Crippen LogP contribution in [0.25, 0.3) is 35.3 Å². The van der Waals surface area contributed by atoms with Crippen molar-refractivity contribution in [3.8, 4) is 40.4 Å². The van der Waals surface area contributed by atoms with E-state index >= 15 is 0 Å². The SMILES string of the molecule is COc1ccc(-c2sc(-c3cc(C)c(-c4sc(/C=C(\C#[NH+])C(=O)NC/C=N\OCC(=O)NCCN=C(N)N)cc4C)s3)cc2C)s1. The summed E-state index contributed by atoms with van der Waals surface area (Å²) in [6, 6.07) is 12.8. The summed E-state index contributed by atoms with van der Waals surface area (Å²) in [4.78, 5) is 41.1. The van der Waals surface area contributed by atoms with Gasteiger partial charge in [0.1, 0.15) is 0 Å². The molecule has 0 aliphatic carbocycles. The fourth-order valence-electron chi connectivity index (χ4n) is 4.18. The number of aliphatic imine (C=N–C) groups is 1. The second-order valence-corrected chi connectivity index (χ2v) is 14.1. The Labute approximate surface area is 282 Å². The highest BCUT2D eigenvalue weighted by atomic mass is 32.1. The molecule has 0 saturated heterocycles. The molecule has 2 amide bonds. The Morgan fingerprint density at radius 1 is 0.935 bits per heavy atom. The molecule has 46 heavy (non-hydrogen) atoms. The lowest BCUT2D eigenvalue weighted by Crippen LogP contribution is -2.31. The van der Waals surface area contributed by atoms with Crippen molar-refractivity contribution >= 4 is 75.4 Å². The zero-order chi connectivity index (χ0) is 33.2. The van der Waals surface area contributed by atoms with E-state index in [9.17, 15) is 9.59 Å². The first-order chi connectivity index (χ1) is 22.1. The average Bonchev–Trinajstić information content (AvgIpc) is 3.81. The molecule has 4 aromatic heterocycles. The molecule has 15 heteroatoms. The van der Waals surface area contributed by atoms with Gasteiger partial charge < -0.3 is 31.7 Å². The van der Waals surface area contributed by atoms with Gasteiger partial charge in [0.05, 0.1) is 26.4 Å². The molecule has 11 nitrogen and oxygen atoms in total. The number of carbonyl (C=O) groups excluding carboxylic acids is 2. The summed E-state index contributed by atoms with van der Waals surface area (Å²) in [5.41, 5.74) is 14.0. The topological polar surface area (TPSA) is 177 Å². The molecule has 0 saturated carbocycles. The number of thiophene rings is 4. The molecule has 0 fully saturated rings. The van der Waals surface area contributed by atoms with E-state index in [1.165, 1.54) is 41.7 Å². The molecule has 0 radical (unpaired) electrons. The quantitative estimate of drug-likeness (QED) is 0.0336. The van der Waals surface area contributed by atoms with Crippen LogP contribution in [0.3, 0.4) is 0 Å². The van der Waals surface area contributed by atoms with Crippen LogP contribution in [0, 0.1) is 26.8 Å². The van der Waals surface area contributed by atoms with E-state index in [1.807, 2.05) is 19.1 Å². The van der Waals surface area contributed by atoms with Crippen molar-refractivity contribution in [2.75, 3.05) is 33.4 Å². The fraction of sp³-hybridized carbons (Fsp3) is 0.258. The minimum absolute atomic E-state index is 0.0415. The van der Waals surface area contributed by atoms with E-state index in [0.717, 1.165) is 20.4 Å². The summed E-state index contributed by atoms with van der Waals surface area (Å²) >= 11 is 6.76. The molecule has 7 N–H and O–H groups in total. The largest absolute Gasteiger partial charge is 0.487 e. The Morgan fingerprint density at radius 3 is 2.28 bits per heavy atom. The van der Waals surface area contributed by atoms with Gasteiger partial charge in [-0.15, -0.1) is 34.0 Å². The molecule has 0 bridgehead atoms. The molecule has 0 aliphatic rings. The van der Waals surface area contributed by atoms with Gasteiger partial charge in [-0.2, -0.15) is 0 Å². The Hall–Kier alpha value is -4.49. The number of aryl methyl sites for hydroxylation is 3. The van der Waals surface area contributed by atoms with Crippen molar-refractivity contribution in [2.45, 2.75) is 20.8 Å². The first-order valence-corrected chi connectivity index (χ1v) is 17.2. The Balaban J connectivity index is 1.36. The predicted molar refractivity (Wildman–Crippen MR) is 189 cm³/mol. The van der Waals surface area contributed by atoms with Crippen LogP contribution in [0.2, 0.25) is 0 Å². The molecular weight excluding hydrogens is 663 g/mol. The molecule has 4 aromatic rings. The van der Waals surface area contributed by atoms with Gasteiger partial charge in [-0.05, 0) is 73.9 Å². The summed E-state index contributed by atoms with van der Waals surface area (Å²) < 4.78 is 5.38. The first-order valence-electron chi connectivity index (χ1n) is 13.9. The number of guanidine groups is 1. The highest BCUT2D eigenvalue weighted by Crippen LogP contribution is 2.47. The van der Waals surface area contributed by atoms with E-state index < -0.39 is 5.91 Å². The molecule has 4 rings (SSSR count). The Bertz CT molecular complexity index is 1830. The van der Waals surface area contributed by atoms with Crippen LogP contribution < -0.4 is 32.1 Å². The number of carbonyl (C=O) groups is 2. The van der Waals surface area contributed by atoms with Gasteiger partial charge in [-0.3, -0.25) is 14.6 Å². The van der Waals surface area contributed by atoms with Crippen LogP contribution in [0.5, 0.6) is 5.06 Å². The van der Waals surface area contributed by atoms with E-state index in [2.05, 4.69) is 58.9 Å². The lowest BCUT2D eigenvalue weighted by atomic mass is 10.1. The lowest BCUT2D eigenvalue weighted by molar-refractivity contribution is -0.125. The Morgan fingerprint density at radius 2 is 1.61 bits per heavy atom.